The van der Waals surface area contributed by atoms with Gasteiger partial charge in [0.25, 0.3) is 11.8 Å². The third-order valence-corrected chi connectivity index (χ3v) is 11.0. The number of hydrazine groups is 1. The van der Waals surface area contributed by atoms with Gasteiger partial charge in [0.15, 0.2) is 5.82 Å². The molecule has 0 spiro atoms. The molecule has 3 N–H and O–H groups in total. The standard InChI is InChI=1S/C35H27Cl2F3N4O7/c36-18-7-5-16(6-8-18)34-23(31(49)44(33(34)51)42-29-24(37)13-17(15-41-29)35(38,39)40)14-22-19(28(34)20-3-1-2-4-25(20)45)9-10-21-27(22)32(50)43(30(21)48)12-11-26(46)47/h1-9,13,15,21-23,27-28,45H,10-12,14H2,(H,41,42)(H,46,47)/t21-,22+,23-,27-,28+,34+/m0/s1. The SMILES string of the molecule is O=C(O)CCN1C(=O)[C@H]2[C@H](CC=C3[C@H]2C[C@H]2C(=O)N(Nc4ncc(C(F)(F)F)cc4Cl)C(=O)[C@@]2(c2ccc(Cl)cc2)[C@H]3c2ccccc2O)C1=O. The normalized spacial score (nSPS) is 27.2. The lowest BCUT2D eigenvalue weighted by Gasteiger charge is -2.50. The number of carboxylic acids is 1. The molecule has 0 unspecified atom stereocenters. The van der Waals surface area contributed by atoms with Gasteiger partial charge >= 0.3 is 12.1 Å². The van der Waals surface area contributed by atoms with E-state index in [9.17, 15) is 42.6 Å². The van der Waals surface area contributed by atoms with Gasteiger partial charge in [0.2, 0.25) is 11.8 Å². The molecule has 0 bridgehead atoms. The first-order chi connectivity index (χ1) is 24.2. The summed E-state index contributed by atoms with van der Waals surface area (Å²) in [5.41, 5.74) is 0.692. The van der Waals surface area contributed by atoms with Crippen molar-refractivity contribution in [3.63, 3.8) is 0 Å². The molecule has 0 radical (unpaired) electrons. The molecule has 51 heavy (non-hydrogen) atoms. The fraction of sp³-hybridized carbons (Fsp3) is 0.314. The second-order valence-corrected chi connectivity index (χ2v) is 13.8. The number of phenols is 1. The smallest absolute Gasteiger partial charge is 0.417 e. The molecule has 2 saturated heterocycles. The molecule has 4 amide bonds. The Morgan fingerprint density at radius 2 is 1.71 bits per heavy atom. The number of aromatic hydroxyl groups is 1. The zero-order valence-electron chi connectivity index (χ0n) is 26.2. The van der Waals surface area contributed by atoms with Crippen LogP contribution in [0.3, 0.4) is 0 Å². The molecule has 1 saturated carbocycles. The van der Waals surface area contributed by atoms with Crippen LogP contribution in [0.2, 0.25) is 10.0 Å². The van der Waals surface area contributed by atoms with Crippen LogP contribution in [0.4, 0.5) is 19.0 Å². The predicted octanol–water partition coefficient (Wildman–Crippen LogP) is 5.57. The number of aromatic nitrogens is 1. The number of fused-ring (bicyclic) bond motifs is 4. The third kappa shape index (κ3) is 5.34. The van der Waals surface area contributed by atoms with Crippen molar-refractivity contribution in [2.45, 2.75) is 36.8 Å². The van der Waals surface area contributed by atoms with Crippen LogP contribution in [0.15, 0.2) is 72.4 Å². The van der Waals surface area contributed by atoms with E-state index in [1.807, 2.05) is 0 Å². The van der Waals surface area contributed by atoms with E-state index in [0.29, 0.717) is 33.4 Å². The van der Waals surface area contributed by atoms with Gasteiger partial charge < -0.3 is 10.2 Å². The maximum absolute atomic E-state index is 15.1. The molecule has 2 aliphatic heterocycles. The van der Waals surface area contributed by atoms with Crippen LogP contribution in [-0.2, 0) is 35.6 Å². The van der Waals surface area contributed by atoms with E-state index < -0.39 is 93.6 Å². The maximum Gasteiger partial charge on any atom is 0.417 e. The van der Waals surface area contributed by atoms with Crippen molar-refractivity contribution in [1.82, 2.24) is 14.9 Å². The number of carbonyl (C=O) groups excluding carboxylic acids is 4. The molecule has 16 heteroatoms. The van der Waals surface area contributed by atoms with Gasteiger partial charge in [0.05, 0.1) is 40.2 Å². The number of amides is 4. The van der Waals surface area contributed by atoms with Crippen molar-refractivity contribution < 1.29 is 47.4 Å². The van der Waals surface area contributed by atoms with E-state index in [1.165, 1.54) is 18.2 Å². The Hall–Kier alpha value is -4.95. The Labute approximate surface area is 297 Å². The largest absolute Gasteiger partial charge is 0.508 e. The number of benzene rings is 2. The first-order valence-electron chi connectivity index (χ1n) is 15.8. The molecule has 2 aliphatic carbocycles. The lowest BCUT2D eigenvalue weighted by molar-refractivity contribution is -0.143. The van der Waals surface area contributed by atoms with Crippen molar-refractivity contribution >= 4 is 58.6 Å². The van der Waals surface area contributed by atoms with Gasteiger partial charge in [-0.1, -0.05) is 65.2 Å². The van der Waals surface area contributed by atoms with Crippen molar-refractivity contribution in [1.29, 1.82) is 0 Å². The van der Waals surface area contributed by atoms with Gasteiger partial charge in [-0.15, -0.1) is 0 Å². The monoisotopic (exact) mass is 742 g/mol. The summed E-state index contributed by atoms with van der Waals surface area (Å²) in [4.78, 5) is 73.1. The first-order valence-corrected chi connectivity index (χ1v) is 16.6. The van der Waals surface area contributed by atoms with E-state index in [0.717, 1.165) is 4.90 Å². The number of carboxylic acid groups (broad SMARTS) is 1. The Morgan fingerprint density at radius 3 is 2.35 bits per heavy atom. The number of rotatable bonds is 7. The number of alkyl halides is 3. The lowest BCUT2D eigenvalue weighted by Crippen LogP contribution is -2.53. The summed E-state index contributed by atoms with van der Waals surface area (Å²) in [7, 11) is 0. The van der Waals surface area contributed by atoms with E-state index >= 15 is 4.79 Å². The van der Waals surface area contributed by atoms with Crippen LogP contribution in [0.5, 0.6) is 5.75 Å². The van der Waals surface area contributed by atoms with E-state index in [4.69, 9.17) is 23.2 Å². The van der Waals surface area contributed by atoms with Crippen molar-refractivity contribution in [3.8, 4) is 5.75 Å². The summed E-state index contributed by atoms with van der Waals surface area (Å²) in [5, 5.41) is 21.0. The van der Waals surface area contributed by atoms with Crippen LogP contribution >= 0.6 is 23.2 Å². The third-order valence-electron chi connectivity index (χ3n) is 10.4. The van der Waals surface area contributed by atoms with Crippen LogP contribution in [0.25, 0.3) is 0 Å². The zero-order valence-corrected chi connectivity index (χ0v) is 27.7. The fourth-order valence-corrected chi connectivity index (χ4v) is 8.69. The number of hydrogen-bond donors (Lipinski definition) is 3. The number of aliphatic carboxylic acids is 1. The molecule has 3 heterocycles. The number of pyridine rings is 1. The molecular weight excluding hydrogens is 716 g/mol. The highest BCUT2D eigenvalue weighted by Crippen LogP contribution is 2.65. The first kappa shape index (κ1) is 34.5. The molecule has 3 aromatic rings. The summed E-state index contributed by atoms with van der Waals surface area (Å²) < 4.78 is 40.1. The predicted molar refractivity (Wildman–Crippen MR) is 174 cm³/mol. The summed E-state index contributed by atoms with van der Waals surface area (Å²) in [5.74, 6) is -9.56. The number of para-hydroxylation sites is 1. The summed E-state index contributed by atoms with van der Waals surface area (Å²) in [6, 6.07) is 13.0. The highest BCUT2D eigenvalue weighted by atomic mass is 35.5. The van der Waals surface area contributed by atoms with Crippen LogP contribution in [0, 0.1) is 23.7 Å². The van der Waals surface area contributed by atoms with Crippen LogP contribution in [-0.4, -0.2) is 61.2 Å². The van der Waals surface area contributed by atoms with Crippen LogP contribution < -0.4 is 5.43 Å². The number of hydrogen-bond acceptors (Lipinski definition) is 8. The molecule has 3 fully saturated rings. The number of carbonyl (C=O) groups is 5. The van der Waals surface area contributed by atoms with Gasteiger partial charge in [-0.05, 0) is 48.6 Å². The second-order valence-electron chi connectivity index (χ2n) is 12.9. The summed E-state index contributed by atoms with van der Waals surface area (Å²) in [6.45, 7) is -0.334. The van der Waals surface area contributed by atoms with Crippen molar-refractivity contribution in [3.05, 3.63) is 99.2 Å². The number of nitrogens with one attached hydrogen (secondary N) is 1. The topological polar surface area (TPSA) is 157 Å². The number of phenolic OH excluding ortho intramolecular Hbond substituents is 1. The van der Waals surface area contributed by atoms with Gasteiger partial charge in [-0.3, -0.25) is 34.3 Å². The summed E-state index contributed by atoms with van der Waals surface area (Å²) in [6.07, 6.45) is -3.01. The Kier molecular flexibility index (Phi) is 8.37. The highest BCUT2D eigenvalue weighted by Gasteiger charge is 2.70. The molecule has 4 aliphatic rings. The number of imide groups is 2. The van der Waals surface area contributed by atoms with E-state index in [-0.39, 0.29) is 30.7 Å². The fourth-order valence-electron chi connectivity index (χ4n) is 8.35. The minimum absolute atomic E-state index is 0.0747. The van der Waals surface area contributed by atoms with Gasteiger partial charge in [0.1, 0.15) is 5.75 Å². The van der Waals surface area contributed by atoms with Crippen molar-refractivity contribution in [2.24, 2.45) is 23.7 Å². The molecular formula is C35H27Cl2F3N4O7. The van der Waals surface area contributed by atoms with E-state index in [2.05, 4.69) is 10.4 Å². The molecule has 2 aromatic carbocycles. The Balaban J connectivity index is 1.41. The number of likely N-dealkylation sites (tertiary alicyclic amines) is 1. The number of halogens is 5. The van der Waals surface area contributed by atoms with Crippen LogP contribution in [0.1, 0.15) is 41.9 Å². The number of allylic oxidation sites excluding steroid dienone is 2. The Bertz CT molecular complexity index is 2040. The minimum atomic E-state index is -4.77. The average Bonchev–Trinajstić information content (AvgIpc) is 3.45. The minimum Gasteiger partial charge on any atom is -0.508 e. The average molecular weight is 744 g/mol. The van der Waals surface area contributed by atoms with Gasteiger partial charge in [0, 0.05) is 29.2 Å². The molecule has 7 rings (SSSR count). The molecule has 11 nitrogen and oxygen atoms in total. The lowest BCUT2D eigenvalue weighted by atomic mass is 9.49. The van der Waals surface area contributed by atoms with Gasteiger partial charge in [-0.2, -0.15) is 18.2 Å². The van der Waals surface area contributed by atoms with Crippen molar-refractivity contribution in [2.75, 3.05) is 12.0 Å². The second kappa shape index (κ2) is 12.4. The summed E-state index contributed by atoms with van der Waals surface area (Å²) >= 11 is 12.4. The van der Waals surface area contributed by atoms with Gasteiger partial charge in [-0.25, -0.2) is 4.98 Å². The number of anilines is 1. The Morgan fingerprint density at radius 1 is 1.00 bits per heavy atom. The molecule has 6 atom stereocenters. The quantitative estimate of drug-likeness (QED) is 0.208. The molecule has 1 aromatic heterocycles. The zero-order chi connectivity index (χ0) is 36.6. The highest BCUT2D eigenvalue weighted by molar-refractivity contribution is 6.33. The maximum atomic E-state index is 15.1. The number of nitrogens with zero attached hydrogens (tertiary/aromatic N) is 3. The molecule has 264 valence electrons. The van der Waals surface area contributed by atoms with E-state index in [1.54, 1.807) is 36.4 Å².